The molecule has 0 unspecified atom stereocenters. The second kappa shape index (κ2) is 4.91. The number of nitrogens with zero attached hydrogens (tertiary/aromatic N) is 1. The van der Waals surface area contributed by atoms with E-state index in [9.17, 15) is 9.59 Å². The van der Waals surface area contributed by atoms with Crippen molar-refractivity contribution < 1.29 is 0 Å². The van der Waals surface area contributed by atoms with E-state index in [1.54, 1.807) is 0 Å². The van der Waals surface area contributed by atoms with E-state index >= 15 is 0 Å². The maximum Gasteiger partial charge on any atom is 0.347 e. The van der Waals surface area contributed by atoms with Crippen molar-refractivity contribution in [3.8, 4) is 0 Å². The van der Waals surface area contributed by atoms with Crippen LogP contribution < -0.4 is 16.7 Å². The van der Waals surface area contributed by atoms with Crippen molar-refractivity contribution in [1.29, 1.82) is 0 Å². The molecule has 0 amide bonds. The number of aromatic amines is 1. The van der Waals surface area contributed by atoms with Crippen molar-refractivity contribution >= 4 is 5.69 Å². The van der Waals surface area contributed by atoms with Crippen LogP contribution in [0.3, 0.4) is 0 Å². The Labute approximate surface area is 104 Å². The number of hydrogen-bond acceptors (Lipinski definition) is 3. The highest BCUT2D eigenvalue weighted by atomic mass is 16.2. The Hall–Kier alpha value is -2.30. The molecule has 1 aromatic heterocycles. The van der Waals surface area contributed by atoms with Gasteiger partial charge >= 0.3 is 5.69 Å². The van der Waals surface area contributed by atoms with Gasteiger partial charge in [-0.1, -0.05) is 13.0 Å². The molecule has 0 fully saturated rings. The summed E-state index contributed by atoms with van der Waals surface area (Å²) in [4.78, 5) is 24.6. The maximum absolute atomic E-state index is 11.5. The minimum absolute atomic E-state index is 0.406. The molecule has 0 aliphatic rings. The van der Waals surface area contributed by atoms with Gasteiger partial charge in [0.25, 0.3) is 5.56 Å². The average Bonchev–Trinajstić information content (AvgIpc) is 2.35. The molecular weight excluding hydrogens is 230 g/mol. The van der Waals surface area contributed by atoms with E-state index in [1.165, 1.54) is 28.1 Å². The first-order chi connectivity index (χ1) is 8.60. The molecule has 2 aromatic rings. The van der Waals surface area contributed by atoms with E-state index in [4.69, 9.17) is 0 Å². The number of nitrogens with one attached hydrogen (secondary N) is 2. The smallest absolute Gasteiger partial charge is 0.290 e. The third-order valence-corrected chi connectivity index (χ3v) is 2.80. The minimum atomic E-state index is -0.485. The minimum Gasteiger partial charge on any atom is -0.290 e. The first kappa shape index (κ1) is 12.2. The van der Waals surface area contributed by atoms with Crippen molar-refractivity contribution in [2.45, 2.75) is 20.3 Å². The first-order valence-corrected chi connectivity index (χ1v) is 5.78. The molecule has 0 atom stereocenters. The Morgan fingerprint density at radius 3 is 2.72 bits per heavy atom. The fourth-order valence-corrected chi connectivity index (χ4v) is 1.77. The van der Waals surface area contributed by atoms with Gasteiger partial charge in [0.2, 0.25) is 0 Å². The fourth-order valence-electron chi connectivity index (χ4n) is 1.77. The van der Waals surface area contributed by atoms with Crippen LogP contribution in [0.25, 0.3) is 0 Å². The predicted octanol–water partition coefficient (Wildman–Crippen LogP) is 1.28. The summed E-state index contributed by atoms with van der Waals surface area (Å²) in [5.41, 5.74) is 5.29. The molecule has 5 heteroatoms. The fraction of sp³-hybridized carbons (Fsp3) is 0.231. The first-order valence-electron chi connectivity index (χ1n) is 5.78. The van der Waals surface area contributed by atoms with Gasteiger partial charge < -0.3 is 0 Å². The monoisotopic (exact) mass is 245 g/mol. The molecule has 1 aromatic carbocycles. The van der Waals surface area contributed by atoms with Crippen molar-refractivity contribution in [3.05, 3.63) is 62.4 Å². The summed E-state index contributed by atoms with van der Waals surface area (Å²) in [6, 6.07) is 7.18. The molecule has 0 saturated carbocycles. The summed E-state index contributed by atoms with van der Waals surface area (Å²) in [7, 11) is 0. The highest BCUT2D eigenvalue weighted by molar-refractivity contribution is 5.48. The molecule has 0 saturated heterocycles. The lowest BCUT2D eigenvalue weighted by atomic mass is 10.1. The molecule has 2 rings (SSSR count). The molecule has 94 valence electrons. The van der Waals surface area contributed by atoms with E-state index in [0.717, 1.165) is 12.1 Å². The number of H-pyrrole nitrogens is 1. The van der Waals surface area contributed by atoms with Gasteiger partial charge in [0.1, 0.15) is 0 Å². The molecule has 2 N–H and O–H groups in total. The molecule has 0 spiro atoms. The van der Waals surface area contributed by atoms with Gasteiger partial charge in [-0.3, -0.25) is 15.2 Å². The highest BCUT2D eigenvalue weighted by Gasteiger charge is 2.00. The SMILES string of the molecule is CCc1cc(Nn2ccc(=O)[nH]c2=O)ccc1C. The summed E-state index contributed by atoms with van der Waals surface area (Å²) in [6.07, 6.45) is 2.34. The van der Waals surface area contributed by atoms with E-state index in [2.05, 4.69) is 24.3 Å². The Bertz CT molecular complexity index is 670. The lowest BCUT2D eigenvalue weighted by Gasteiger charge is -2.11. The van der Waals surface area contributed by atoms with Gasteiger partial charge in [0.15, 0.2) is 0 Å². The van der Waals surface area contributed by atoms with Gasteiger partial charge in [0.05, 0.1) is 5.69 Å². The number of benzene rings is 1. The number of rotatable bonds is 3. The summed E-state index contributed by atoms with van der Waals surface area (Å²) < 4.78 is 1.24. The largest absolute Gasteiger partial charge is 0.347 e. The van der Waals surface area contributed by atoms with E-state index < -0.39 is 11.2 Å². The van der Waals surface area contributed by atoms with E-state index in [-0.39, 0.29) is 0 Å². The van der Waals surface area contributed by atoms with Crippen LogP contribution in [0.4, 0.5) is 5.69 Å². The standard InChI is InChI=1S/C13H15N3O2/c1-3-10-8-11(5-4-9(10)2)15-16-7-6-12(17)14-13(16)18/h4-8,15H,3H2,1-2H3,(H,14,17,18). The molecule has 0 aliphatic heterocycles. The van der Waals surface area contributed by atoms with Crippen molar-refractivity contribution in [3.63, 3.8) is 0 Å². The quantitative estimate of drug-likeness (QED) is 0.856. The van der Waals surface area contributed by atoms with Crippen molar-refractivity contribution in [2.75, 3.05) is 5.43 Å². The average molecular weight is 245 g/mol. The third-order valence-electron chi connectivity index (χ3n) is 2.80. The summed E-state index contributed by atoms with van der Waals surface area (Å²) in [5.74, 6) is 0. The van der Waals surface area contributed by atoms with Crippen LogP contribution in [0.1, 0.15) is 18.1 Å². The van der Waals surface area contributed by atoms with Gasteiger partial charge in [-0.2, -0.15) is 0 Å². The van der Waals surface area contributed by atoms with Crippen LogP contribution in [0, 0.1) is 6.92 Å². The van der Waals surface area contributed by atoms with E-state index in [1.807, 2.05) is 18.2 Å². The topological polar surface area (TPSA) is 66.9 Å². The maximum atomic E-state index is 11.5. The lowest BCUT2D eigenvalue weighted by Crippen LogP contribution is -2.32. The molecule has 5 nitrogen and oxygen atoms in total. The Morgan fingerprint density at radius 1 is 1.28 bits per heavy atom. The van der Waals surface area contributed by atoms with Gasteiger partial charge in [-0.05, 0) is 36.6 Å². The second-order valence-electron chi connectivity index (χ2n) is 4.09. The summed E-state index contributed by atoms with van der Waals surface area (Å²) >= 11 is 0. The molecule has 0 aliphatic carbocycles. The van der Waals surface area contributed by atoms with Crippen LogP contribution in [0.15, 0.2) is 40.1 Å². The zero-order chi connectivity index (χ0) is 13.1. The number of aromatic nitrogens is 2. The molecule has 18 heavy (non-hydrogen) atoms. The third kappa shape index (κ3) is 2.51. The Kier molecular flexibility index (Phi) is 3.32. The summed E-state index contributed by atoms with van der Waals surface area (Å²) in [6.45, 7) is 4.13. The predicted molar refractivity (Wildman–Crippen MR) is 70.9 cm³/mol. The number of aryl methyl sites for hydroxylation is 2. The van der Waals surface area contributed by atoms with Gasteiger partial charge in [-0.25, -0.2) is 9.47 Å². The highest BCUT2D eigenvalue weighted by Crippen LogP contribution is 2.15. The van der Waals surface area contributed by atoms with Crippen LogP contribution in [0.2, 0.25) is 0 Å². The van der Waals surface area contributed by atoms with E-state index in [0.29, 0.717) is 0 Å². The number of anilines is 1. The number of hydrogen-bond donors (Lipinski definition) is 2. The van der Waals surface area contributed by atoms with Crippen molar-refractivity contribution in [1.82, 2.24) is 9.66 Å². The van der Waals surface area contributed by atoms with Gasteiger partial charge in [0, 0.05) is 12.3 Å². The summed E-state index contributed by atoms with van der Waals surface area (Å²) in [5, 5.41) is 0. The molecular formula is C13H15N3O2. The zero-order valence-electron chi connectivity index (χ0n) is 10.4. The lowest BCUT2D eigenvalue weighted by molar-refractivity contribution is 0.830. The normalized spacial score (nSPS) is 10.3. The Balaban J connectivity index is 2.34. The molecule has 0 radical (unpaired) electrons. The zero-order valence-corrected chi connectivity index (χ0v) is 10.4. The second-order valence-corrected chi connectivity index (χ2v) is 4.09. The molecule has 1 heterocycles. The van der Waals surface area contributed by atoms with Crippen LogP contribution in [-0.2, 0) is 6.42 Å². The van der Waals surface area contributed by atoms with Crippen LogP contribution in [-0.4, -0.2) is 9.66 Å². The van der Waals surface area contributed by atoms with Crippen molar-refractivity contribution in [2.24, 2.45) is 0 Å². The molecule has 0 bridgehead atoms. The van der Waals surface area contributed by atoms with Crippen LogP contribution >= 0.6 is 0 Å². The Morgan fingerprint density at radius 2 is 2.06 bits per heavy atom. The van der Waals surface area contributed by atoms with Crippen LogP contribution in [0.5, 0.6) is 0 Å². The van der Waals surface area contributed by atoms with Gasteiger partial charge in [-0.15, -0.1) is 0 Å².